The van der Waals surface area contributed by atoms with Gasteiger partial charge in [0.25, 0.3) is 0 Å². The van der Waals surface area contributed by atoms with Crippen LogP contribution in [0.25, 0.3) is 11.3 Å². The van der Waals surface area contributed by atoms with Gasteiger partial charge in [-0.2, -0.15) is 0 Å². The fourth-order valence-corrected chi connectivity index (χ4v) is 4.51. The number of hydrogen-bond donors (Lipinski definition) is 1. The van der Waals surface area contributed by atoms with Gasteiger partial charge < -0.3 is 18.7 Å². The number of methoxy groups -OCH3 is 1. The topological polar surface area (TPSA) is 117 Å². The van der Waals surface area contributed by atoms with Gasteiger partial charge in [-0.3, -0.25) is 0 Å². The second-order valence-corrected chi connectivity index (χ2v) is 9.23. The molecule has 0 aliphatic carbocycles. The van der Waals surface area contributed by atoms with Gasteiger partial charge in [-0.15, -0.1) is 0 Å². The average Bonchev–Trinajstić information content (AvgIpc) is 3.54. The lowest BCUT2D eigenvalue weighted by Crippen LogP contribution is -2.31. The molecule has 4 rings (SSSR count). The van der Waals surface area contributed by atoms with Crippen molar-refractivity contribution in [1.29, 1.82) is 0 Å². The molecule has 3 aromatic rings. The van der Waals surface area contributed by atoms with Gasteiger partial charge >= 0.3 is 5.97 Å². The van der Waals surface area contributed by atoms with Crippen LogP contribution in [0, 0.1) is 0 Å². The van der Waals surface area contributed by atoms with E-state index in [1.807, 2.05) is 24.3 Å². The van der Waals surface area contributed by atoms with E-state index in [0.29, 0.717) is 23.8 Å². The van der Waals surface area contributed by atoms with Gasteiger partial charge in [-0.05, 0) is 49.2 Å². The third kappa shape index (κ3) is 5.59. The van der Waals surface area contributed by atoms with Crippen LogP contribution in [0.4, 0.5) is 0 Å². The molecule has 0 unspecified atom stereocenters. The van der Waals surface area contributed by atoms with E-state index >= 15 is 0 Å². The first kappa shape index (κ1) is 23.0. The maximum atomic E-state index is 12.4. The van der Waals surface area contributed by atoms with Crippen molar-refractivity contribution in [2.75, 3.05) is 20.3 Å². The van der Waals surface area contributed by atoms with Gasteiger partial charge in [0.15, 0.2) is 12.4 Å². The Morgan fingerprint density at radius 3 is 2.70 bits per heavy atom. The number of benzene rings is 2. The van der Waals surface area contributed by atoms with Gasteiger partial charge in [-0.25, -0.2) is 17.9 Å². The minimum absolute atomic E-state index is 0.0636. The Morgan fingerprint density at radius 1 is 1.18 bits per heavy atom. The predicted molar refractivity (Wildman–Crippen MR) is 118 cm³/mol. The first-order valence-corrected chi connectivity index (χ1v) is 11.9. The van der Waals surface area contributed by atoms with Crippen molar-refractivity contribution >= 4 is 16.0 Å². The number of ether oxygens (including phenoxy) is 3. The lowest BCUT2D eigenvalue weighted by atomic mass is 10.1. The minimum atomic E-state index is -3.69. The molecule has 1 aromatic heterocycles. The fraction of sp³-hybridized carbons (Fsp3) is 0.304. The van der Waals surface area contributed by atoms with Crippen LogP contribution in [-0.2, 0) is 26.1 Å². The number of carbonyl (C=O) groups is 1. The van der Waals surface area contributed by atoms with Gasteiger partial charge in [0, 0.05) is 24.8 Å². The molecule has 9 nitrogen and oxygen atoms in total. The lowest BCUT2D eigenvalue weighted by molar-refractivity contribution is 0.0437. The second-order valence-electron chi connectivity index (χ2n) is 7.47. The summed E-state index contributed by atoms with van der Waals surface area (Å²) in [6, 6.07) is 14.6. The highest BCUT2D eigenvalue weighted by Crippen LogP contribution is 2.29. The summed E-state index contributed by atoms with van der Waals surface area (Å²) in [4.78, 5) is 12.4. The monoisotopic (exact) mass is 472 g/mol. The Balaban J connectivity index is 1.34. The number of sulfonamides is 1. The van der Waals surface area contributed by atoms with E-state index in [9.17, 15) is 13.2 Å². The van der Waals surface area contributed by atoms with Crippen molar-refractivity contribution in [3.05, 3.63) is 65.9 Å². The van der Waals surface area contributed by atoms with Crippen LogP contribution < -0.4 is 9.46 Å². The zero-order chi connectivity index (χ0) is 23.3. The van der Waals surface area contributed by atoms with Gasteiger partial charge in [0.05, 0.1) is 23.7 Å². The quantitative estimate of drug-likeness (QED) is 0.472. The molecular weight excluding hydrogens is 448 g/mol. The second kappa shape index (κ2) is 10.2. The first-order chi connectivity index (χ1) is 16.0. The Hall–Kier alpha value is -3.21. The maximum Gasteiger partial charge on any atom is 0.338 e. The largest absolute Gasteiger partial charge is 0.496 e. The molecule has 0 radical (unpaired) electrons. The van der Waals surface area contributed by atoms with Crippen molar-refractivity contribution in [1.82, 2.24) is 9.88 Å². The molecule has 1 fully saturated rings. The predicted octanol–water partition coefficient (Wildman–Crippen LogP) is 3.16. The molecule has 2 heterocycles. The van der Waals surface area contributed by atoms with Crippen LogP contribution in [-0.4, -0.2) is 45.9 Å². The molecule has 174 valence electrons. The van der Waals surface area contributed by atoms with Crippen LogP contribution >= 0.6 is 0 Å². The van der Waals surface area contributed by atoms with Crippen molar-refractivity contribution in [3.63, 3.8) is 0 Å². The van der Waals surface area contributed by atoms with Crippen molar-refractivity contribution < 1.29 is 31.9 Å². The normalized spacial score (nSPS) is 16.0. The number of rotatable bonds is 9. The summed E-state index contributed by atoms with van der Waals surface area (Å²) in [7, 11) is -2.12. The highest BCUT2D eigenvalue weighted by atomic mass is 32.2. The highest BCUT2D eigenvalue weighted by molar-refractivity contribution is 7.89. The van der Waals surface area contributed by atoms with E-state index in [-0.39, 0.29) is 29.7 Å². The summed E-state index contributed by atoms with van der Waals surface area (Å²) in [5.74, 6) is 0.401. The smallest absolute Gasteiger partial charge is 0.338 e. The number of nitrogens with one attached hydrogen (secondary N) is 1. The molecule has 10 heteroatoms. The molecule has 1 saturated heterocycles. The van der Waals surface area contributed by atoms with Gasteiger partial charge in [-0.1, -0.05) is 17.3 Å². The first-order valence-electron chi connectivity index (χ1n) is 10.4. The Kier molecular flexibility index (Phi) is 7.07. The number of para-hydroxylation sites is 1. The van der Waals surface area contributed by atoms with Crippen molar-refractivity contribution in [3.8, 4) is 17.0 Å². The van der Waals surface area contributed by atoms with Crippen molar-refractivity contribution in [2.24, 2.45) is 0 Å². The fourth-order valence-electron chi connectivity index (χ4n) is 3.45. The standard InChI is InChI=1S/C23H24N2O7S/c1-29-22-7-3-2-6-20(22)21-13-18(32-25-21)15-31-23(26)16-8-10-19(11-9-16)33(27,28)24-14-17-5-4-12-30-17/h2-3,6-11,13,17,24H,4-5,12,14-15H2,1H3/t17-/m1/s1. The van der Waals surface area contributed by atoms with Crippen molar-refractivity contribution in [2.45, 2.75) is 30.4 Å². The van der Waals surface area contributed by atoms with E-state index in [0.717, 1.165) is 18.4 Å². The molecule has 1 atom stereocenters. The third-order valence-corrected chi connectivity index (χ3v) is 6.65. The van der Waals surface area contributed by atoms with Crippen LogP contribution in [0.2, 0.25) is 0 Å². The zero-order valence-corrected chi connectivity index (χ0v) is 18.8. The summed E-state index contributed by atoms with van der Waals surface area (Å²) in [5, 5.41) is 4.00. The Bertz CT molecular complexity index is 1200. The lowest BCUT2D eigenvalue weighted by Gasteiger charge is -2.11. The third-order valence-electron chi connectivity index (χ3n) is 5.21. The molecule has 1 aliphatic heterocycles. The van der Waals surface area contributed by atoms with Gasteiger partial charge in [0.1, 0.15) is 11.4 Å². The number of esters is 1. The summed E-state index contributed by atoms with van der Waals surface area (Å²) in [6.45, 7) is 0.753. The zero-order valence-electron chi connectivity index (χ0n) is 18.0. The van der Waals surface area contributed by atoms with Gasteiger partial charge in [0.2, 0.25) is 10.0 Å². The molecule has 0 saturated carbocycles. The van der Waals surface area contributed by atoms with E-state index in [1.54, 1.807) is 13.2 Å². The molecule has 0 bridgehead atoms. The molecule has 2 aromatic carbocycles. The molecule has 1 aliphatic rings. The van der Waals surface area contributed by atoms with E-state index in [1.165, 1.54) is 24.3 Å². The number of hydrogen-bond acceptors (Lipinski definition) is 8. The van der Waals surface area contributed by atoms with Crippen LogP contribution in [0.5, 0.6) is 5.75 Å². The van der Waals surface area contributed by atoms with E-state index in [4.69, 9.17) is 18.7 Å². The molecule has 33 heavy (non-hydrogen) atoms. The Morgan fingerprint density at radius 2 is 1.97 bits per heavy atom. The molecule has 0 amide bonds. The van der Waals surface area contributed by atoms with Crippen LogP contribution in [0.3, 0.4) is 0 Å². The maximum absolute atomic E-state index is 12.4. The van der Waals surface area contributed by atoms with E-state index in [2.05, 4.69) is 9.88 Å². The average molecular weight is 473 g/mol. The molecule has 0 spiro atoms. The number of aromatic nitrogens is 1. The Labute approximate surface area is 191 Å². The SMILES string of the molecule is COc1ccccc1-c1cc(COC(=O)c2ccc(S(=O)(=O)NC[C@H]3CCCO3)cc2)on1. The van der Waals surface area contributed by atoms with Crippen LogP contribution in [0.15, 0.2) is 64.0 Å². The van der Waals surface area contributed by atoms with Crippen LogP contribution in [0.1, 0.15) is 29.0 Å². The number of carbonyl (C=O) groups excluding carboxylic acids is 1. The van der Waals surface area contributed by atoms with E-state index < -0.39 is 16.0 Å². The summed E-state index contributed by atoms with van der Waals surface area (Å²) < 4.78 is 48.7. The summed E-state index contributed by atoms with van der Waals surface area (Å²) in [5.41, 5.74) is 1.53. The molecular formula is C23H24N2O7S. The summed E-state index contributed by atoms with van der Waals surface area (Å²) >= 11 is 0. The number of nitrogens with zero attached hydrogens (tertiary/aromatic N) is 1. The minimum Gasteiger partial charge on any atom is -0.496 e. The molecule has 1 N–H and O–H groups in total. The highest BCUT2D eigenvalue weighted by Gasteiger charge is 2.21. The summed E-state index contributed by atoms with van der Waals surface area (Å²) in [6.07, 6.45) is 1.66.